The van der Waals surface area contributed by atoms with Crippen molar-refractivity contribution in [2.75, 3.05) is 19.1 Å². The molecule has 0 saturated carbocycles. The molecule has 3 aromatic carbocycles. The summed E-state index contributed by atoms with van der Waals surface area (Å²) in [7, 11) is 3.05. The highest BCUT2D eigenvalue weighted by Gasteiger charge is 2.28. The number of primary amides is 1. The van der Waals surface area contributed by atoms with Gasteiger partial charge in [-0.3, -0.25) is 0 Å². The van der Waals surface area contributed by atoms with E-state index in [1.807, 2.05) is 51.1 Å². The Morgan fingerprint density at radius 2 is 1.66 bits per heavy atom. The normalized spacial score (nSPS) is 11.4. The summed E-state index contributed by atoms with van der Waals surface area (Å²) in [5.74, 6) is 0.952. The molecule has 5 rings (SSSR count). The molecule has 0 atom stereocenters. The number of benzene rings is 3. The van der Waals surface area contributed by atoms with Crippen molar-refractivity contribution < 1.29 is 23.4 Å². The van der Waals surface area contributed by atoms with Crippen LogP contribution in [0.4, 0.5) is 20.7 Å². The molecule has 10 nitrogen and oxygen atoms in total. The number of nitrogens with two attached hydrogens (primary N) is 1. The number of ether oxygens (including phenoxy) is 3. The van der Waals surface area contributed by atoms with E-state index >= 15 is 4.39 Å². The molecule has 0 radical (unpaired) electrons. The lowest BCUT2D eigenvalue weighted by Gasteiger charge is -2.22. The number of hydrogen-bond acceptors (Lipinski definition) is 7. The van der Waals surface area contributed by atoms with Crippen LogP contribution in [0.3, 0.4) is 0 Å². The first-order chi connectivity index (χ1) is 19.6. The Morgan fingerprint density at radius 3 is 2.32 bits per heavy atom. The minimum atomic E-state index is -0.900. The van der Waals surface area contributed by atoms with Crippen LogP contribution < -0.4 is 24.8 Å². The van der Waals surface area contributed by atoms with E-state index in [0.29, 0.717) is 33.8 Å². The van der Waals surface area contributed by atoms with Gasteiger partial charge in [0.15, 0.2) is 11.5 Å². The lowest BCUT2D eigenvalue weighted by molar-refractivity contribution is 0.255. The molecule has 2 amide bonds. The van der Waals surface area contributed by atoms with Gasteiger partial charge in [0.25, 0.3) is 0 Å². The molecule has 2 N–H and O–H groups in total. The lowest BCUT2D eigenvalue weighted by atomic mass is 9.92. The van der Waals surface area contributed by atoms with Crippen molar-refractivity contribution in [3.63, 3.8) is 0 Å². The predicted octanol–water partition coefficient (Wildman–Crippen LogP) is 6.28. The van der Waals surface area contributed by atoms with Gasteiger partial charge in [-0.15, -0.1) is 0 Å². The maximum Gasteiger partial charge on any atom is 0.325 e. The van der Waals surface area contributed by atoms with Gasteiger partial charge < -0.3 is 19.9 Å². The molecule has 2 heterocycles. The zero-order valence-corrected chi connectivity index (χ0v) is 23.3. The summed E-state index contributed by atoms with van der Waals surface area (Å²) >= 11 is 0. The number of fused-ring (bicyclic) bond motifs is 1. The van der Waals surface area contributed by atoms with Gasteiger partial charge in [-0.05, 0) is 30.3 Å². The van der Waals surface area contributed by atoms with Gasteiger partial charge in [-0.2, -0.15) is 5.10 Å². The van der Waals surface area contributed by atoms with E-state index < -0.39 is 11.8 Å². The van der Waals surface area contributed by atoms with E-state index in [4.69, 9.17) is 25.0 Å². The van der Waals surface area contributed by atoms with Crippen molar-refractivity contribution in [1.82, 2.24) is 19.7 Å². The Balaban J connectivity index is 1.62. The van der Waals surface area contributed by atoms with E-state index in [1.165, 1.54) is 38.7 Å². The summed E-state index contributed by atoms with van der Waals surface area (Å²) in [6.07, 6.45) is 1.34. The Morgan fingerprint density at radius 1 is 0.951 bits per heavy atom. The van der Waals surface area contributed by atoms with Gasteiger partial charge in [0.1, 0.15) is 23.7 Å². The van der Waals surface area contributed by atoms with Crippen molar-refractivity contribution in [2.45, 2.75) is 26.2 Å². The molecule has 0 aliphatic carbocycles. The van der Waals surface area contributed by atoms with Gasteiger partial charge in [-0.1, -0.05) is 39.0 Å². The maximum atomic E-state index is 15.4. The van der Waals surface area contributed by atoms with E-state index in [9.17, 15) is 4.79 Å². The first-order valence-electron chi connectivity index (χ1n) is 12.7. The number of urea groups is 1. The summed E-state index contributed by atoms with van der Waals surface area (Å²) in [6.45, 7) is 5.98. The fourth-order valence-electron chi connectivity index (χ4n) is 4.29. The Labute approximate surface area is 236 Å². The van der Waals surface area contributed by atoms with E-state index in [1.54, 1.807) is 22.9 Å². The van der Waals surface area contributed by atoms with Crippen LogP contribution in [-0.4, -0.2) is 40.0 Å². The fraction of sp³-hybridized carbons (Fsp3) is 0.200. The fourth-order valence-corrected chi connectivity index (χ4v) is 4.29. The number of halogens is 1. The minimum absolute atomic E-state index is 0.120. The van der Waals surface area contributed by atoms with Crippen LogP contribution in [0.25, 0.3) is 16.6 Å². The van der Waals surface area contributed by atoms with E-state index in [0.717, 1.165) is 4.90 Å². The zero-order valence-electron chi connectivity index (χ0n) is 23.3. The number of anilines is 2. The van der Waals surface area contributed by atoms with Crippen LogP contribution in [0, 0.1) is 5.82 Å². The van der Waals surface area contributed by atoms with Crippen LogP contribution >= 0.6 is 0 Å². The van der Waals surface area contributed by atoms with Crippen LogP contribution in [0.2, 0.25) is 0 Å². The highest BCUT2D eigenvalue weighted by Crippen LogP contribution is 2.38. The number of methoxy groups -OCH3 is 2. The Bertz CT molecular complexity index is 1730. The number of carbonyl (C=O) groups excluding carboxylic acids is 1. The number of aromatic nitrogens is 4. The molecular weight excluding hydrogens is 527 g/mol. The molecule has 0 bridgehead atoms. The van der Waals surface area contributed by atoms with Crippen molar-refractivity contribution in [3.05, 3.63) is 84.6 Å². The minimum Gasteiger partial charge on any atom is -0.493 e. The van der Waals surface area contributed by atoms with Crippen LogP contribution in [0.15, 0.2) is 73.1 Å². The Kier molecular flexibility index (Phi) is 7.19. The van der Waals surface area contributed by atoms with Crippen molar-refractivity contribution in [1.29, 1.82) is 0 Å². The quantitative estimate of drug-likeness (QED) is 0.251. The number of hydrogen-bond donors (Lipinski definition) is 1. The third kappa shape index (κ3) is 5.33. The maximum absolute atomic E-state index is 15.4. The topological polar surface area (TPSA) is 118 Å². The second kappa shape index (κ2) is 10.8. The first-order valence-corrected chi connectivity index (χ1v) is 12.7. The third-order valence-electron chi connectivity index (χ3n) is 6.39. The molecule has 41 heavy (non-hydrogen) atoms. The summed E-state index contributed by atoms with van der Waals surface area (Å²) in [4.78, 5) is 22.5. The SMILES string of the molecule is COc1cc2ncnc(Oc3ccc(F)c(N(C(N)=O)c4cc(C(C)(C)C)nn4-c4ccccc4)c3)c2cc1OC. The Hall–Kier alpha value is -5.19. The predicted molar refractivity (Wildman–Crippen MR) is 153 cm³/mol. The number of amides is 2. The number of nitrogens with zero attached hydrogens (tertiary/aromatic N) is 5. The van der Waals surface area contributed by atoms with Crippen molar-refractivity contribution in [2.24, 2.45) is 5.73 Å². The lowest BCUT2D eigenvalue weighted by Crippen LogP contribution is -2.33. The second-order valence-electron chi connectivity index (χ2n) is 10.2. The summed E-state index contributed by atoms with van der Waals surface area (Å²) < 4.78 is 33.8. The van der Waals surface area contributed by atoms with Gasteiger partial charge in [0, 0.05) is 23.6 Å². The molecule has 0 saturated heterocycles. The molecule has 0 fully saturated rings. The molecular formula is C30H29FN6O4. The largest absolute Gasteiger partial charge is 0.493 e. The third-order valence-corrected chi connectivity index (χ3v) is 6.39. The molecule has 0 spiro atoms. The molecule has 0 aliphatic rings. The van der Waals surface area contributed by atoms with Gasteiger partial charge in [0.05, 0.1) is 42.2 Å². The summed E-state index contributed by atoms with van der Waals surface area (Å²) in [5.41, 5.74) is 7.29. The summed E-state index contributed by atoms with van der Waals surface area (Å²) in [5, 5.41) is 5.28. The van der Waals surface area contributed by atoms with Gasteiger partial charge >= 0.3 is 6.03 Å². The molecule has 210 valence electrons. The molecule has 0 aliphatic heterocycles. The van der Waals surface area contributed by atoms with Crippen molar-refractivity contribution in [3.8, 4) is 28.8 Å². The van der Waals surface area contributed by atoms with E-state index in [2.05, 4.69) is 9.97 Å². The molecule has 2 aromatic heterocycles. The highest BCUT2D eigenvalue weighted by atomic mass is 19.1. The van der Waals surface area contributed by atoms with Crippen molar-refractivity contribution >= 4 is 28.4 Å². The van der Waals surface area contributed by atoms with Crippen LogP contribution in [0.5, 0.6) is 23.1 Å². The number of carbonyl (C=O) groups is 1. The number of rotatable bonds is 7. The van der Waals surface area contributed by atoms with E-state index in [-0.39, 0.29) is 28.5 Å². The highest BCUT2D eigenvalue weighted by molar-refractivity contribution is 5.98. The van der Waals surface area contributed by atoms with Crippen LogP contribution in [0.1, 0.15) is 26.5 Å². The smallest absolute Gasteiger partial charge is 0.325 e. The average molecular weight is 557 g/mol. The standard InChI is InChI=1S/C30H29FN6O4/c1-30(2,3)26-16-27(37(35-26)18-9-7-6-8-10-18)36(29(32)38)23-13-19(11-12-21(23)31)41-28-20-14-24(39-4)25(40-5)15-22(20)33-17-34-28/h6-17H,1-5H3,(H2,32,38). The molecule has 11 heteroatoms. The molecule has 5 aromatic rings. The van der Waals surface area contributed by atoms with Gasteiger partial charge in [0.2, 0.25) is 5.88 Å². The monoisotopic (exact) mass is 556 g/mol. The van der Waals surface area contributed by atoms with Crippen LogP contribution in [-0.2, 0) is 5.41 Å². The summed E-state index contributed by atoms with van der Waals surface area (Å²) in [6, 6.07) is 17.5. The first kappa shape index (κ1) is 27.4. The zero-order chi connectivity index (χ0) is 29.3. The van der Waals surface area contributed by atoms with Gasteiger partial charge in [-0.25, -0.2) is 28.7 Å². The average Bonchev–Trinajstić information content (AvgIpc) is 3.40. The molecule has 0 unspecified atom stereocenters. The number of para-hydroxylation sites is 1. The second-order valence-corrected chi connectivity index (χ2v) is 10.2.